The van der Waals surface area contributed by atoms with E-state index in [2.05, 4.69) is 6.58 Å². The molecule has 0 aliphatic carbocycles. The number of ketones is 1. The third-order valence-corrected chi connectivity index (χ3v) is 1.55. The molecule has 1 aromatic rings. The van der Waals surface area contributed by atoms with Gasteiger partial charge in [-0.1, -0.05) is 18.2 Å². The van der Waals surface area contributed by atoms with Crippen LogP contribution >= 0.6 is 11.6 Å². The first-order valence-corrected chi connectivity index (χ1v) is 3.64. The molecule has 0 bridgehead atoms. The van der Waals surface area contributed by atoms with Crippen LogP contribution in [0.2, 0.25) is 5.02 Å². The van der Waals surface area contributed by atoms with Crippen LogP contribution in [0.25, 0.3) is 0 Å². The van der Waals surface area contributed by atoms with Crippen molar-refractivity contribution in [1.82, 2.24) is 0 Å². The second kappa shape index (κ2) is 3.50. The summed E-state index contributed by atoms with van der Waals surface area (Å²) in [7, 11) is 0. The van der Waals surface area contributed by atoms with Crippen LogP contribution in [0.15, 0.2) is 30.9 Å². The Bertz CT molecular complexity index is 313. The van der Waals surface area contributed by atoms with Crippen molar-refractivity contribution in [3.8, 4) is 0 Å². The van der Waals surface area contributed by atoms with E-state index in [-0.39, 0.29) is 16.4 Å². The SMILES string of the molecule is C=CC(=O)c1cc(F)cc(Cl)c1. The molecule has 1 aromatic carbocycles. The van der Waals surface area contributed by atoms with Gasteiger partial charge in [-0.25, -0.2) is 4.39 Å². The molecule has 0 saturated carbocycles. The van der Waals surface area contributed by atoms with Gasteiger partial charge in [0.2, 0.25) is 0 Å². The molecule has 1 nitrogen and oxygen atoms in total. The molecule has 0 saturated heterocycles. The second-order valence-electron chi connectivity index (χ2n) is 2.23. The Balaban J connectivity index is 3.17. The Morgan fingerprint density at radius 3 is 2.67 bits per heavy atom. The summed E-state index contributed by atoms with van der Waals surface area (Å²) in [5, 5.41) is 0.209. The van der Waals surface area contributed by atoms with Crippen LogP contribution in [-0.2, 0) is 0 Å². The zero-order valence-corrected chi connectivity index (χ0v) is 6.94. The number of rotatable bonds is 2. The summed E-state index contributed by atoms with van der Waals surface area (Å²) < 4.78 is 12.7. The van der Waals surface area contributed by atoms with Crippen molar-refractivity contribution < 1.29 is 9.18 Å². The van der Waals surface area contributed by atoms with Crippen LogP contribution in [0.4, 0.5) is 4.39 Å². The van der Waals surface area contributed by atoms with Crippen molar-refractivity contribution >= 4 is 17.4 Å². The largest absolute Gasteiger partial charge is 0.289 e. The van der Waals surface area contributed by atoms with Crippen molar-refractivity contribution in [2.45, 2.75) is 0 Å². The molecule has 62 valence electrons. The monoisotopic (exact) mass is 184 g/mol. The van der Waals surface area contributed by atoms with E-state index in [4.69, 9.17) is 11.6 Å². The van der Waals surface area contributed by atoms with E-state index in [1.165, 1.54) is 6.07 Å². The van der Waals surface area contributed by atoms with Crippen molar-refractivity contribution in [3.05, 3.63) is 47.3 Å². The van der Waals surface area contributed by atoms with Crippen molar-refractivity contribution in [3.63, 3.8) is 0 Å². The number of benzene rings is 1. The average molecular weight is 185 g/mol. The molecule has 0 amide bonds. The third-order valence-electron chi connectivity index (χ3n) is 1.33. The summed E-state index contributed by atoms with van der Waals surface area (Å²) in [6, 6.07) is 3.66. The van der Waals surface area contributed by atoms with E-state index in [0.29, 0.717) is 0 Å². The van der Waals surface area contributed by atoms with Gasteiger partial charge in [0.05, 0.1) is 0 Å². The smallest absolute Gasteiger partial charge is 0.185 e. The number of halogens is 2. The van der Waals surface area contributed by atoms with Gasteiger partial charge in [-0.2, -0.15) is 0 Å². The van der Waals surface area contributed by atoms with Gasteiger partial charge in [-0.05, 0) is 24.3 Å². The Labute approximate surface area is 74.5 Å². The van der Waals surface area contributed by atoms with Gasteiger partial charge < -0.3 is 0 Å². The number of allylic oxidation sites excluding steroid dienone is 1. The van der Waals surface area contributed by atoms with E-state index in [1.54, 1.807) is 0 Å². The minimum atomic E-state index is -0.521. The zero-order valence-electron chi connectivity index (χ0n) is 6.18. The average Bonchev–Trinajstić information content (AvgIpc) is 2.01. The molecule has 0 unspecified atom stereocenters. The number of hydrogen-bond donors (Lipinski definition) is 0. The zero-order chi connectivity index (χ0) is 9.14. The maximum atomic E-state index is 12.7. The predicted octanol–water partition coefficient (Wildman–Crippen LogP) is 2.85. The summed E-state index contributed by atoms with van der Waals surface area (Å²) >= 11 is 5.52. The van der Waals surface area contributed by atoms with E-state index >= 15 is 0 Å². The Kier molecular flexibility index (Phi) is 2.61. The third kappa shape index (κ3) is 1.92. The molecule has 1 rings (SSSR count). The number of carbonyl (C=O) groups excluding carboxylic acids is 1. The minimum Gasteiger partial charge on any atom is -0.289 e. The van der Waals surface area contributed by atoms with Gasteiger partial charge in [-0.15, -0.1) is 0 Å². The molecule has 0 spiro atoms. The maximum absolute atomic E-state index is 12.7. The Morgan fingerprint density at radius 2 is 2.17 bits per heavy atom. The first-order chi connectivity index (χ1) is 5.63. The molecular formula is C9H6ClFO. The number of carbonyl (C=O) groups is 1. The molecule has 0 fully saturated rings. The number of hydrogen-bond acceptors (Lipinski definition) is 1. The summed E-state index contributed by atoms with van der Waals surface area (Å²) in [4.78, 5) is 11.0. The van der Waals surface area contributed by atoms with Gasteiger partial charge in [0.15, 0.2) is 5.78 Å². The molecule has 0 N–H and O–H groups in total. The molecule has 0 heterocycles. The van der Waals surface area contributed by atoms with Gasteiger partial charge >= 0.3 is 0 Å². The lowest BCUT2D eigenvalue weighted by atomic mass is 10.1. The minimum absolute atomic E-state index is 0.209. The molecule has 12 heavy (non-hydrogen) atoms. The van der Waals surface area contributed by atoms with E-state index in [9.17, 15) is 9.18 Å². The van der Waals surface area contributed by atoms with E-state index in [1.807, 2.05) is 0 Å². The van der Waals surface area contributed by atoms with Crippen LogP contribution < -0.4 is 0 Å². The molecule has 0 atom stereocenters. The van der Waals surface area contributed by atoms with Crippen LogP contribution in [-0.4, -0.2) is 5.78 Å². The summed E-state index contributed by atoms with van der Waals surface area (Å²) in [6.45, 7) is 3.28. The summed E-state index contributed by atoms with van der Waals surface area (Å²) in [5.41, 5.74) is 0.218. The van der Waals surface area contributed by atoms with Crippen molar-refractivity contribution in [1.29, 1.82) is 0 Å². The first kappa shape index (κ1) is 8.94. The molecule has 0 radical (unpaired) electrons. The highest BCUT2D eigenvalue weighted by atomic mass is 35.5. The molecule has 0 aliphatic heterocycles. The quantitative estimate of drug-likeness (QED) is 0.510. The fourth-order valence-corrected chi connectivity index (χ4v) is 1.04. The van der Waals surface area contributed by atoms with Crippen molar-refractivity contribution in [2.75, 3.05) is 0 Å². The fraction of sp³-hybridized carbons (Fsp3) is 0. The lowest BCUT2D eigenvalue weighted by Gasteiger charge is -1.96. The molecular weight excluding hydrogens is 179 g/mol. The van der Waals surface area contributed by atoms with E-state index < -0.39 is 5.82 Å². The van der Waals surface area contributed by atoms with Crippen LogP contribution in [0.1, 0.15) is 10.4 Å². The van der Waals surface area contributed by atoms with E-state index in [0.717, 1.165) is 18.2 Å². The molecule has 0 aromatic heterocycles. The normalized spacial score (nSPS) is 9.50. The highest BCUT2D eigenvalue weighted by molar-refractivity contribution is 6.31. The lowest BCUT2D eigenvalue weighted by Crippen LogP contribution is -1.94. The van der Waals surface area contributed by atoms with Crippen LogP contribution in [0, 0.1) is 5.82 Å². The molecule has 3 heteroatoms. The maximum Gasteiger partial charge on any atom is 0.185 e. The topological polar surface area (TPSA) is 17.1 Å². The summed E-state index contributed by atoms with van der Waals surface area (Å²) in [5.74, 6) is -0.857. The van der Waals surface area contributed by atoms with Gasteiger partial charge in [0, 0.05) is 10.6 Å². The van der Waals surface area contributed by atoms with Crippen LogP contribution in [0.3, 0.4) is 0 Å². The standard InChI is InChI=1S/C9H6ClFO/c1-2-9(12)6-3-7(10)5-8(11)4-6/h2-5H,1H2. The lowest BCUT2D eigenvalue weighted by molar-refractivity contribution is 0.104. The summed E-state index contributed by atoms with van der Waals surface area (Å²) in [6.07, 6.45) is 1.12. The van der Waals surface area contributed by atoms with Crippen LogP contribution in [0.5, 0.6) is 0 Å². The Hall–Kier alpha value is -1.15. The highest BCUT2D eigenvalue weighted by Gasteiger charge is 2.03. The Morgan fingerprint density at radius 1 is 1.50 bits per heavy atom. The van der Waals surface area contributed by atoms with Gasteiger partial charge in [0.1, 0.15) is 5.82 Å². The highest BCUT2D eigenvalue weighted by Crippen LogP contribution is 2.14. The van der Waals surface area contributed by atoms with Gasteiger partial charge in [-0.3, -0.25) is 4.79 Å². The second-order valence-corrected chi connectivity index (χ2v) is 2.66. The molecule has 0 aliphatic rings. The predicted molar refractivity (Wildman–Crippen MR) is 45.9 cm³/mol. The van der Waals surface area contributed by atoms with Gasteiger partial charge in [0.25, 0.3) is 0 Å². The fourth-order valence-electron chi connectivity index (χ4n) is 0.814. The first-order valence-electron chi connectivity index (χ1n) is 3.26. The van der Waals surface area contributed by atoms with Crippen molar-refractivity contribution in [2.24, 2.45) is 0 Å².